The number of phenolic OH excluding ortho intramolecular Hbond substituents is 1. The van der Waals surface area contributed by atoms with Gasteiger partial charge in [0.15, 0.2) is 23.1 Å². The predicted molar refractivity (Wildman–Crippen MR) is 93.7 cm³/mol. The number of hydrogen-bond donors (Lipinski definition) is 1. The molecule has 1 aromatic carbocycles. The highest BCUT2D eigenvalue weighted by Gasteiger charge is 2.56. The molecule has 130 valence electrons. The Bertz CT molecular complexity index is 862. The lowest BCUT2D eigenvalue weighted by molar-refractivity contribution is -0.138. The van der Waals surface area contributed by atoms with Crippen LogP contribution in [0.3, 0.4) is 0 Å². The first-order valence-electron chi connectivity index (χ1n) is 8.30. The van der Waals surface area contributed by atoms with Crippen molar-refractivity contribution < 1.29 is 19.1 Å². The lowest BCUT2D eigenvalue weighted by Gasteiger charge is -2.48. The van der Waals surface area contributed by atoms with Gasteiger partial charge in [-0.25, -0.2) is 4.39 Å². The molecule has 0 bridgehead atoms. The normalized spacial score (nSPS) is 29.4. The van der Waals surface area contributed by atoms with Crippen LogP contribution < -0.4 is 0 Å². The summed E-state index contributed by atoms with van der Waals surface area (Å²) in [5.74, 6) is -2.26. The largest absolute Gasteiger partial charge is 0.505 e. The molecule has 0 aromatic heterocycles. The molecule has 0 amide bonds. The van der Waals surface area contributed by atoms with Crippen LogP contribution in [0, 0.1) is 17.2 Å². The third kappa shape index (κ3) is 2.31. The Morgan fingerprint density at radius 1 is 1.28 bits per heavy atom. The maximum atomic E-state index is 14.0. The van der Waals surface area contributed by atoms with Crippen LogP contribution >= 0.6 is 0 Å². The van der Waals surface area contributed by atoms with Crippen LogP contribution in [0.1, 0.15) is 38.7 Å². The molecule has 0 saturated heterocycles. The molecule has 3 atom stereocenters. The number of halogens is 1. The maximum absolute atomic E-state index is 14.0. The second-order valence-corrected chi connectivity index (χ2v) is 7.07. The fraction of sp³-hybridized carbons (Fsp3) is 0.333. The van der Waals surface area contributed by atoms with Gasteiger partial charge in [-0.15, -0.1) is 0 Å². The highest BCUT2D eigenvalue weighted by atomic mass is 19.1. The van der Waals surface area contributed by atoms with Crippen molar-refractivity contribution >= 4 is 11.6 Å². The highest BCUT2D eigenvalue weighted by molar-refractivity contribution is 6.15. The van der Waals surface area contributed by atoms with Gasteiger partial charge >= 0.3 is 0 Å². The quantitative estimate of drug-likeness (QED) is 0.876. The lowest BCUT2D eigenvalue weighted by atomic mass is 9.52. The van der Waals surface area contributed by atoms with E-state index in [-0.39, 0.29) is 11.6 Å². The highest BCUT2D eigenvalue weighted by Crippen LogP contribution is 2.55. The smallest absolute Gasteiger partial charge is 0.166 e. The van der Waals surface area contributed by atoms with Crippen LogP contribution in [0.15, 0.2) is 53.6 Å². The number of hydrogen-bond acceptors (Lipinski definition) is 3. The number of rotatable bonds is 2. The number of fused-ring (bicyclic) bond motifs is 1. The summed E-state index contributed by atoms with van der Waals surface area (Å²) >= 11 is 0. The average molecular weight is 340 g/mol. The Hall–Kier alpha value is -2.49. The minimum atomic E-state index is -0.998. The number of Topliss-reactive ketones (excluding diaryl/α,β-unsaturated/α-hetero) is 2. The molecular weight excluding hydrogens is 319 g/mol. The monoisotopic (exact) mass is 340 g/mol. The molecule has 0 fully saturated rings. The van der Waals surface area contributed by atoms with Crippen LogP contribution in [0.4, 0.5) is 4.39 Å². The molecular formula is C21H21FO3. The van der Waals surface area contributed by atoms with E-state index >= 15 is 0 Å². The number of allylic oxidation sites excluding steroid dienone is 5. The van der Waals surface area contributed by atoms with Crippen molar-refractivity contribution in [2.24, 2.45) is 11.3 Å². The zero-order valence-electron chi connectivity index (χ0n) is 14.6. The van der Waals surface area contributed by atoms with Gasteiger partial charge < -0.3 is 5.11 Å². The molecule has 0 spiro atoms. The Morgan fingerprint density at radius 2 is 1.96 bits per heavy atom. The predicted octanol–water partition coefficient (Wildman–Crippen LogP) is 4.24. The van der Waals surface area contributed by atoms with Gasteiger partial charge in [-0.3, -0.25) is 9.59 Å². The van der Waals surface area contributed by atoms with E-state index in [4.69, 9.17) is 0 Å². The third-order valence-corrected chi connectivity index (χ3v) is 5.87. The Labute approximate surface area is 146 Å². The SMILES string of the molecule is C=CC1=CC[C@H]2C(=O)C(C)=C(C)C(=O)[C@@]2(C)[C@H]1c1ccc(O)c(F)c1. The van der Waals surface area contributed by atoms with Crippen LogP contribution in [-0.2, 0) is 9.59 Å². The zero-order chi connectivity index (χ0) is 18.5. The van der Waals surface area contributed by atoms with E-state index in [2.05, 4.69) is 6.58 Å². The van der Waals surface area contributed by atoms with Crippen molar-refractivity contribution in [2.75, 3.05) is 0 Å². The molecule has 0 saturated carbocycles. The van der Waals surface area contributed by atoms with E-state index < -0.39 is 28.8 Å². The van der Waals surface area contributed by atoms with E-state index in [1.807, 2.05) is 6.08 Å². The van der Waals surface area contributed by atoms with Crippen molar-refractivity contribution in [1.82, 2.24) is 0 Å². The lowest BCUT2D eigenvalue weighted by Crippen LogP contribution is -2.50. The molecule has 4 heteroatoms. The van der Waals surface area contributed by atoms with Crippen LogP contribution in [-0.4, -0.2) is 16.7 Å². The average Bonchev–Trinajstić information content (AvgIpc) is 2.60. The Kier molecular flexibility index (Phi) is 4.02. The Morgan fingerprint density at radius 3 is 2.56 bits per heavy atom. The topological polar surface area (TPSA) is 54.4 Å². The fourth-order valence-electron chi connectivity index (χ4n) is 4.30. The number of aromatic hydroxyl groups is 1. The molecule has 25 heavy (non-hydrogen) atoms. The number of phenols is 1. The van der Waals surface area contributed by atoms with E-state index in [0.29, 0.717) is 23.1 Å². The molecule has 3 nitrogen and oxygen atoms in total. The number of benzene rings is 1. The van der Waals surface area contributed by atoms with Gasteiger partial charge in [0, 0.05) is 11.8 Å². The Balaban J connectivity index is 2.26. The van der Waals surface area contributed by atoms with Gasteiger partial charge in [0.25, 0.3) is 0 Å². The summed E-state index contributed by atoms with van der Waals surface area (Å²) in [6.45, 7) is 8.99. The van der Waals surface area contributed by atoms with Crippen molar-refractivity contribution in [3.63, 3.8) is 0 Å². The molecule has 0 unspecified atom stereocenters. The minimum Gasteiger partial charge on any atom is -0.505 e. The summed E-state index contributed by atoms with van der Waals surface area (Å²) in [6.07, 6.45) is 4.03. The zero-order valence-corrected chi connectivity index (χ0v) is 14.6. The van der Waals surface area contributed by atoms with Crippen molar-refractivity contribution in [1.29, 1.82) is 0 Å². The van der Waals surface area contributed by atoms with Gasteiger partial charge in [0.2, 0.25) is 0 Å². The van der Waals surface area contributed by atoms with Gasteiger partial charge in [0.1, 0.15) is 0 Å². The van der Waals surface area contributed by atoms with Crippen LogP contribution in [0.2, 0.25) is 0 Å². The summed E-state index contributed by atoms with van der Waals surface area (Å²) in [7, 11) is 0. The second kappa shape index (κ2) is 5.80. The summed E-state index contributed by atoms with van der Waals surface area (Å²) in [5.41, 5.74) is 1.35. The van der Waals surface area contributed by atoms with Gasteiger partial charge in [-0.05, 0) is 54.7 Å². The third-order valence-electron chi connectivity index (χ3n) is 5.87. The number of carbonyl (C=O) groups excluding carboxylic acids is 2. The summed E-state index contributed by atoms with van der Waals surface area (Å²) in [6, 6.07) is 4.12. The summed E-state index contributed by atoms with van der Waals surface area (Å²) in [5, 5.41) is 9.49. The molecule has 0 heterocycles. The van der Waals surface area contributed by atoms with Crippen LogP contribution in [0.25, 0.3) is 0 Å². The van der Waals surface area contributed by atoms with Gasteiger partial charge in [-0.2, -0.15) is 0 Å². The maximum Gasteiger partial charge on any atom is 0.166 e. The van der Waals surface area contributed by atoms with Gasteiger partial charge in [-0.1, -0.05) is 31.7 Å². The molecule has 2 aliphatic carbocycles. The first-order chi connectivity index (χ1) is 11.7. The first-order valence-corrected chi connectivity index (χ1v) is 8.30. The van der Waals surface area contributed by atoms with Crippen molar-refractivity contribution in [3.05, 3.63) is 65.0 Å². The first kappa shape index (κ1) is 17.3. The van der Waals surface area contributed by atoms with Gasteiger partial charge in [0.05, 0.1) is 5.41 Å². The second-order valence-electron chi connectivity index (χ2n) is 7.07. The molecule has 1 aromatic rings. The molecule has 0 radical (unpaired) electrons. The molecule has 2 aliphatic rings. The van der Waals surface area contributed by atoms with E-state index in [0.717, 1.165) is 5.57 Å². The summed E-state index contributed by atoms with van der Waals surface area (Å²) in [4.78, 5) is 26.1. The van der Waals surface area contributed by atoms with Crippen LogP contribution in [0.5, 0.6) is 5.75 Å². The van der Waals surface area contributed by atoms with Crippen molar-refractivity contribution in [2.45, 2.75) is 33.1 Å². The minimum absolute atomic E-state index is 0.0248. The standard InChI is InChI=1S/C21H21FO3/c1-5-13-6-8-15-19(24)11(2)12(3)20(25)21(15,4)18(13)14-7-9-17(23)16(22)10-14/h5-7,9-10,15,18,23H,1,8H2,2-4H3/t15-,18+,21+/m0/s1. The van der Waals surface area contributed by atoms with E-state index in [1.165, 1.54) is 12.1 Å². The molecule has 0 aliphatic heterocycles. The molecule has 3 rings (SSSR count). The number of ketones is 2. The van der Waals surface area contributed by atoms with E-state index in [1.54, 1.807) is 32.9 Å². The summed E-state index contributed by atoms with van der Waals surface area (Å²) < 4.78 is 14.0. The van der Waals surface area contributed by atoms with E-state index in [9.17, 15) is 19.1 Å². The van der Waals surface area contributed by atoms with Crippen molar-refractivity contribution in [3.8, 4) is 5.75 Å². The number of carbonyl (C=O) groups is 2. The fourth-order valence-corrected chi connectivity index (χ4v) is 4.30. The molecule has 1 N–H and O–H groups in total.